The fourth-order valence-electron chi connectivity index (χ4n) is 2.73. The number of rotatable bonds is 5. The highest BCUT2D eigenvalue weighted by molar-refractivity contribution is 8.34. The first-order chi connectivity index (χ1) is 11.5. The molecular formula is C17H21ClN2O2S2. The van der Waals surface area contributed by atoms with Crippen LogP contribution < -0.4 is 9.62 Å². The Morgan fingerprint density at radius 1 is 1.17 bits per heavy atom. The molecule has 0 amide bonds. The molecule has 3 N–H and O–H groups in total. The van der Waals surface area contributed by atoms with Crippen LogP contribution in [0.15, 0.2) is 53.4 Å². The lowest BCUT2D eigenvalue weighted by Gasteiger charge is -2.52. The number of nitrogens with zero attached hydrogens (tertiary/aromatic N) is 1. The standard InChI is InChI=1S/C17H21ClN2O2S2/c1-19-12-4-7-17-23-16-6-3-2-5-15(16)20(24(17,21)22)14-10-8-13(18)9-11-14/h2-3,5-6,8-11,17,19,21-22H,4,7,12H2,1H3. The van der Waals surface area contributed by atoms with Gasteiger partial charge in [-0.2, -0.15) is 0 Å². The van der Waals surface area contributed by atoms with Gasteiger partial charge in [0.05, 0.1) is 11.4 Å². The first-order valence-corrected chi connectivity index (χ1v) is 10.6. The van der Waals surface area contributed by atoms with Gasteiger partial charge in [-0.25, -0.2) is 4.31 Å². The average molecular weight is 385 g/mol. The van der Waals surface area contributed by atoms with Gasteiger partial charge >= 0.3 is 0 Å². The molecule has 1 aliphatic rings. The molecule has 0 aliphatic carbocycles. The van der Waals surface area contributed by atoms with Gasteiger partial charge in [-0.1, -0.05) is 35.5 Å². The number of anilines is 2. The predicted octanol–water partition coefficient (Wildman–Crippen LogP) is 5.58. The van der Waals surface area contributed by atoms with Crippen molar-refractivity contribution in [2.24, 2.45) is 0 Å². The Bertz CT molecular complexity index is 697. The summed E-state index contributed by atoms with van der Waals surface area (Å²) in [5.74, 6) is 0. The maximum absolute atomic E-state index is 11.1. The maximum Gasteiger partial charge on any atom is 0.119 e. The zero-order chi connectivity index (χ0) is 17.2. The highest BCUT2D eigenvalue weighted by Crippen LogP contribution is 2.65. The normalized spacial score (nSPS) is 20.5. The zero-order valence-corrected chi connectivity index (χ0v) is 15.7. The quantitative estimate of drug-likeness (QED) is 0.588. The molecule has 0 radical (unpaired) electrons. The van der Waals surface area contributed by atoms with Gasteiger partial charge in [0.2, 0.25) is 0 Å². The van der Waals surface area contributed by atoms with Gasteiger partial charge < -0.3 is 5.32 Å². The van der Waals surface area contributed by atoms with Crippen molar-refractivity contribution >= 4 is 45.5 Å². The Hall–Kier alpha value is -0.890. The van der Waals surface area contributed by atoms with E-state index >= 15 is 0 Å². The molecule has 1 unspecified atom stereocenters. The smallest absolute Gasteiger partial charge is 0.119 e. The molecule has 1 atom stereocenters. The number of fused-ring (bicyclic) bond motifs is 1. The van der Waals surface area contributed by atoms with Crippen LogP contribution in [-0.2, 0) is 0 Å². The molecule has 0 saturated carbocycles. The summed E-state index contributed by atoms with van der Waals surface area (Å²) in [6, 6.07) is 15.0. The van der Waals surface area contributed by atoms with Crippen LogP contribution in [0.4, 0.5) is 11.4 Å². The summed E-state index contributed by atoms with van der Waals surface area (Å²) in [5, 5.41) is 3.74. The number of hydrogen-bond donors (Lipinski definition) is 3. The Kier molecular flexibility index (Phi) is 5.64. The van der Waals surface area contributed by atoms with E-state index in [1.54, 1.807) is 28.2 Å². The summed E-state index contributed by atoms with van der Waals surface area (Å²) in [5.41, 5.74) is 1.57. The van der Waals surface area contributed by atoms with Crippen molar-refractivity contribution in [3.8, 4) is 0 Å². The second-order valence-corrected chi connectivity index (χ2v) is 9.63. The lowest BCUT2D eigenvalue weighted by atomic mass is 10.2. The van der Waals surface area contributed by atoms with Crippen molar-refractivity contribution < 1.29 is 9.11 Å². The molecular weight excluding hydrogens is 364 g/mol. The SMILES string of the molecule is CNCCCC1Sc2ccccc2N(c2ccc(Cl)cc2)S1(O)O. The van der Waals surface area contributed by atoms with Crippen LogP contribution in [-0.4, -0.2) is 27.3 Å². The number of para-hydroxylation sites is 1. The van der Waals surface area contributed by atoms with E-state index in [1.165, 1.54) is 0 Å². The Balaban J connectivity index is 2.01. The molecule has 3 rings (SSSR count). The summed E-state index contributed by atoms with van der Waals surface area (Å²) >= 11 is 7.54. The molecule has 2 aromatic carbocycles. The molecule has 2 aromatic rings. The third-order valence-electron chi connectivity index (χ3n) is 3.89. The van der Waals surface area contributed by atoms with Gasteiger partial charge in [-0.05, 0) is 62.8 Å². The molecule has 1 aliphatic heterocycles. The molecule has 0 saturated heterocycles. The van der Waals surface area contributed by atoms with Crippen molar-refractivity contribution in [3.05, 3.63) is 53.6 Å². The second kappa shape index (κ2) is 7.56. The summed E-state index contributed by atoms with van der Waals surface area (Å²) in [6.45, 7) is 0.856. The Morgan fingerprint density at radius 2 is 1.88 bits per heavy atom. The van der Waals surface area contributed by atoms with Gasteiger partial charge in [0.15, 0.2) is 0 Å². The predicted molar refractivity (Wildman–Crippen MR) is 106 cm³/mol. The fourth-order valence-corrected chi connectivity index (χ4v) is 6.60. The highest BCUT2D eigenvalue weighted by Gasteiger charge is 2.39. The van der Waals surface area contributed by atoms with E-state index < -0.39 is 10.8 Å². The monoisotopic (exact) mass is 384 g/mol. The molecule has 1 heterocycles. The number of hydrogen-bond acceptors (Lipinski definition) is 5. The lowest BCUT2D eigenvalue weighted by Crippen LogP contribution is -2.33. The summed E-state index contributed by atoms with van der Waals surface area (Å²) in [6.07, 6.45) is 1.62. The largest absolute Gasteiger partial charge is 0.320 e. The van der Waals surface area contributed by atoms with Crippen molar-refractivity contribution in [1.82, 2.24) is 5.32 Å². The summed E-state index contributed by atoms with van der Waals surface area (Å²) in [4.78, 5) is 1.06. The van der Waals surface area contributed by atoms with E-state index in [-0.39, 0.29) is 4.58 Å². The fraction of sp³-hybridized carbons (Fsp3) is 0.294. The average Bonchev–Trinajstić information content (AvgIpc) is 2.56. The van der Waals surface area contributed by atoms with Crippen LogP contribution in [0.2, 0.25) is 5.02 Å². The molecule has 7 heteroatoms. The number of nitrogens with one attached hydrogen (secondary N) is 1. The molecule has 0 bridgehead atoms. The maximum atomic E-state index is 11.1. The van der Waals surface area contributed by atoms with Gasteiger partial charge in [-0.15, -0.1) is 10.8 Å². The van der Waals surface area contributed by atoms with Gasteiger partial charge in [-0.3, -0.25) is 9.11 Å². The van der Waals surface area contributed by atoms with E-state index in [9.17, 15) is 9.11 Å². The third-order valence-corrected chi connectivity index (χ3v) is 8.19. The third kappa shape index (κ3) is 3.54. The van der Waals surface area contributed by atoms with Crippen LogP contribution in [0.25, 0.3) is 0 Å². The molecule has 0 spiro atoms. The van der Waals surface area contributed by atoms with E-state index in [4.69, 9.17) is 11.6 Å². The van der Waals surface area contributed by atoms with E-state index in [1.807, 2.05) is 43.4 Å². The van der Waals surface area contributed by atoms with Crippen LogP contribution in [0, 0.1) is 0 Å². The zero-order valence-electron chi connectivity index (χ0n) is 13.4. The first-order valence-electron chi connectivity index (χ1n) is 7.77. The minimum absolute atomic E-state index is 0.267. The number of benzene rings is 2. The van der Waals surface area contributed by atoms with Crippen molar-refractivity contribution in [1.29, 1.82) is 0 Å². The molecule has 4 nitrogen and oxygen atoms in total. The lowest BCUT2D eigenvalue weighted by molar-refractivity contribution is 0.477. The van der Waals surface area contributed by atoms with Crippen LogP contribution in [0.3, 0.4) is 0 Å². The second-order valence-electron chi connectivity index (χ2n) is 5.59. The molecule has 130 valence electrons. The van der Waals surface area contributed by atoms with E-state index in [0.717, 1.165) is 35.7 Å². The van der Waals surface area contributed by atoms with Crippen molar-refractivity contribution in [2.75, 3.05) is 17.9 Å². The summed E-state index contributed by atoms with van der Waals surface area (Å²) < 4.78 is 23.5. The Morgan fingerprint density at radius 3 is 2.58 bits per heavy atom. The van der Waals surface area contributed by atoms with Gasteiger partial charge in [0, 0.05) is 9.92 Å². The minimum Gasteiger partial charge on any atom is -0.320 e. The first kappa shape index (κ1) is 17.9. The van der Waals surface area contributed by atoms with Crippen LogP contribution in [0.1, 0.15) is 12.8 Å². The Labute approximate surface area is 153 Å². The van der Waals surface area contributed by atoms with Crippen LogP contribution in [0.5, 0.6) is 0 Å². The van der Waals surface area contributed by atoms with Gasteiger partial charge in [0.1, 0.15) is 4.58 Å². The number of halogens is 1. The van der Waals surface area contributed by atoms with E-state index in [2.05, 4.69) is 5.32 Å². The summed E-state index contributed by atoms with van der Waals surface area (Å²) in [7, 11) is -1.09. The topological polar surface area (TPSA) is 55.7 Å². The highest BCUT2D eigenvalue weighted by atomic mass is 35.5. The minimum atomic E-state index is -3.00. The molecule has 0 fully saturated rings. The van der Waals surface area contributed by atoms with Crippen molar-refractivity contribution in [3.63, 3.8) is 0 Å². The van der Waals surface area contributed by atoms with Gasteiger partial charge in [0.25, 0.3) is 0 Å². The molecule has 24 heavy (non-hydrogen) atoms. The molecule has 0 aromatic heterocycles. The van der Waals surface area contributed by atoms with Crippen molar-refractivity contribution in [2.45, 2.75) is 22.3 Å². The van der Waals surface area contributed by atoms with E-state index in [0.29, 0.717) is 5.02 Å². The number of thioether (sulfide) groups is 1. The van der Waals surface area contributed by atoms with Crippen LogP contribution >= 0.6 is 34.1 Å².